The Labute approximate surface area is 153 Å². The molecule has 0 spiro atoms. The van der Waals surface area contributed by atoms with E-state index < -0.39 is 11.7 Å². The van der Waals surface area contributed by atoms with Crippen molar-refractivity contribution in [2.75, 3.05) is 4.90 Å². The first kappa shape index (κ1) is 17.9. The number of rotatable bonds is 2. The van der Waals surface area contributed by atoms with Gasteiger partial charge in [-0.25, -0.2) is 4.79 Å². The first-order valence-electron chi connectivity index (χ1n) is 8.53. The summed E-state index contributed by atoms with van der Waals surface area (Å²) in [5.74, 6) is -0.291. The minimum absolute atomic E-state index is 0.130. The number of aryl methyl sites for hydroxylation is 1. The summed E-state index contributed by atoms with van der Waals surface area (Å²) in [6.07, 6.45) is -0.756. The van der Waals surface area contributed by atoms with Crippen LogP contribution in [0.15, 0.2) is 53.5 Å². The van der Waals surface area contributed by atoms with Gasteiger partial charge in [-0.3, -0.25) is 4.79 Å². The Hall–Kier alpha value is -2.95. The van der Waals surface area contributed by atoms with Crippen molar-refractivity contribution in [3.8, 4) is 0 Å². The van der Waals surface area contributed by atoms with Crippen molar-refractivity contribution in [1.82, 2.24) is 0 Å². The topological polar surface area (TPSA) is 59.0 Å². The zero-order chi connectivity index (χ0) is 18.9. The highest BCUT2D eigenvalue weighted by atomic mass is 16.6. The fraction of sp³-hybridized carbons (Fsp3) is 0.286. The standard InChI is InChI=1S/C21H22N2O3/c1-14-10-11-16-17(12-14)23(13-15-8-6-5-7-9-15)19(24)18(16)22-20(25)26-21(2,3)4/h5-12H,13H2,1-4H3/b22-18-. The second-order valence-corrected chi connectivity index (χ2v) is 7.34. The molecule has 0 radical (unpaired) electrons. The second kappa shape index (κ2) is 6.75. The van der Waals surface area contributed by atoms with E-state index in [0.29, 0.717) is 12.1 Å². The lowest BCUT2D eigenvalue weighted by atomic mass is 10.1. The van der Waals surface area contributed by atoms with Gasteiger partial charge in [-0.05, 0) is 44.9 Å². The molecule has 1 heterocycles. The van der Waals surface area contributed by atoms with Gasteiger partial charge in [-0.2, -0.15) is 4.99 Å². The lowest BCUT2D eigenvalue weighted by Crippen LogP contribution is -2.30. The van der Waals surface area contributed by atoms with E-state index in [9.17, 15) is 9.59 Å². The molecular formula is C21H22N2O3. The van der Waals surface area contributed by atoms with Crippen molar-refractivity contribution in [3.63, 3.8) is 0 Å². The number of hydrogen-bond donors (Lipinski definition) is 0. The Bertz CT molecular complexity index is 880. The second-order valence-electron chi connectivity index (χ2n) is 7.34. The highest BCUT2D eigenvalue weighted by molar-refractivity contribution is 6.55. The van der Waals surface area contributed by atoms with Crippen LogP contribution >= 0.6 is 0 Å². The summed E-state index contributed by atoms with van der Waals surface area (Å²) in [4.78, 5) is 30.7. The van der Waals surface area contributed by atoms with Crippen LogP contribution in [0.4, 0.5) is 10.5 Å². The van der Waals surface area contributed by atoms with Gasteiger partial charge in [0.2, 0.25) is 0 Å². The maximum Gasteiger partial charge on any atom is 0.434 e. The van der Waals surface area contributed by atoms with Crippen LogP contribution in [0.2, 0.25) is 0 Å². The van der Waals surface area contributed by atoms with Crippen molar-refractivity contribution >= 4 is 23.4 Å². The summed E-state index contributed by atoms with van der Waals surface area (Å²) >= 11 is 0. The molecule has 0 unspecified atom stereocenters. The summed E-state index contributed by atoms with van der Waals surface area (Å²) < 4.78 is 5.24. The summed E-state index contributed by atoms with van der Waals surface area (Å²) in [6, 6.07) is 15.4. The largest absolute Gasteiger partial charge is 0.442 e. The molecule has 0 atom stereocenters. The van der Waals surface area contributed by atoms with Crippen LogP contribution in [0.3, 0.4) is 0 Å². The molecule has 0 saturated heterocycles. The van der Waals surface area contributed by atoms with Crippen LogP contribution in [0.1, 0.15) is 37.5 Å². The molecule has 0 aromatic heterocycles. The number of carbonyl (C=O) groups is 2. The van der Waals surface area contributed by atoms with E-state index in [0.717, 1.165) is 16.8 Å². The van der Waals surface area contributed by atoms with Gasteiger partial charge in [0.05, 0.1) is 12.2 Å². The molecule has 134 valence electrons. The molecule has 5 nitrogen and oxygen atoms in total. The van der Waals surface area contributed by atoms with E-state index in [1.54, 1.807) is 25.7 Å². The van der Waals surface area contributed by atoms with Gasteiger partial charge in [-0.1, -0.05) is 42.5 Å². The SMILES string of the molecule is Cc1ccc2c(c1)N(Cc1ccccc1)C(=O)/C2=N\C(=O)OC(C)(C)C. The first-order valence-corrected chi connectivity index (χ1v) is 8.53. The highest BCUT2D eigenvalue weighted by Crippen LogP contribution is 2.32. The average molecular weight is 350 g/mol. The fourth-order valence-corrected chi connectivity index (χ4v) is 2.82. The zero-order valence-corrected chi connectivity index (χ0v) is 15.4. The lowest BCUT2D eigenvalue weighted by molar-refractivity contribution is -0.112. The smallest absolute Gasteiger partial charge is 0.434 e. The fourth-order valence-electron chi connectivity index (χ4n) is 2.82. The van der Waals surface area contributed by atoms with E-state index in [1.807, 2.05) is 55.5 Å². The molecular weight excluding hydrogens is 328 g/mol. The van der Waals surface area contributed by atoms with Crippen molar-refractivity contribution in [3.05, 3.63) is 65.2 Å². The number of anilines is 1. The van der Waals surface area contributed by atoms with Gasteiger partial charge in [0.1, 0.15) is 11.3 Å². The van der Waals surface area contributed by atoms with Gasteiger partial charge in [0, 0.05) is 5.56 Å². The molecule has 0 N–H and O–H groups in total. The molecule has 0 saturated carbocycles. The average Bonchev–Trinajstić information content (AvgIpc) is 2.79. The maximum absolute atomic E-state index is 13.0. The summed E-state index contributed by atoms with van der Waals surface area (Å²) in [7, 11) is 0. The van der Waals surface area contributed by atoms with Crippen LogP contribution in [0.25, 0.3) is 0 Å². The first-order chi connectivity index (χ1) is 12.2. The molecule has 3 rings (SSSR count). The number of aliphatic imine (C=N–C) groups is 1. The molecule has 0 bridgehead atoms. The monoisotopic (exact) mass is 350 g/mol. The number of fused-ring (bicyclic) bond motifs is 1. The summed E-state index contributed by atoms with van der Waals surface area (Å²) in [5.41, 5.74) is 2.93. The third-order valence-corrected chi connectivity index (χ3v) is 3.93. The maximum atomic E-state index is 13.0. The van der Waals surface area contributed by atoms with Gasteiger partial charge in [-0.15, -0.1) is 0 Å². The van der Waals surface area contributed by atoms with E-state index in [2.05, 4.69) is 4.99 Å². The molecule has 5 heteroatoms. The van der Waals surface area contributed by atoms with E-state index in [4.69, 9.17) is 4.74 Å². The van der Waals surface area contributed by atoms with Crippen LogP contribution < -0.4 is 4.90 Å². The third-order valence-electron chi connectivity index (χ3n) is 3.93. The number of carbonyl (C=O) groups excluding carboxylic acids is 2. The predicted octanol–water partition coefficient (Wildman–Crippen LogP) is 4.27. The Kier molecular flexibility index (Phi) is 4.64. The van der Waals surface area contributed by atoms with E-state index in [1.165, 1.54) is 0 Å². The van der Waals surface area contributed by atoms with Crippen LogP contribution in [-0.4, -0.2) is 23.3 Å². The zero-order valence-electron chi connectivity index (χ0n) is 15.4. The Morgan fingerprint density at radius 3 is 2.46 bits per heavy atom. The molecule has 0 aliphatic carbocycles. The normalized spacial score (nSPS) is 15.3. The van der Waals surface area contributed by atoms with E-state index >= 15 is 0 Å². The predicted molar refractivity (Wildman–Crippen MR) is 102 cm³/mol. The molecule has 2 aromatic rings. The van der Waals surface area contributed by atoms with Gasteiger partial charge in [0.25, 0.3) is 5.91 Å². The third kappa shape index (κ3) is 3.82. The van der Waals surface area contributed by atoms with Crippen molar-refractivity contribution < 1.29 is 14.3 Å². The van der Waals surface area contributed by atoms with Gasteiger partial charge < -0.3 is 9.64 Å². The van der Waals surface area contributed by atoms with Crippen LogP contribution in [0, 0.1) is 6.92 Å². The van der Waals surface area contributed by atoms with Crippen LogP contribution in [-0.2, 0) is 16.1 Å². The number of benzene rings is 2. The van der Waals surface area contributed by atoms with E-state index in [-0.39, 0.29) is 11.6 Å². The highest BCUT2D eigenvalue weighted by Gasteiger charge is 2.35. The molecule has 1 aliphatic heterocycles. The Morgan fingerprint density at radius 1 is 1.12 bits per heavy atom. The molecule has 2 aromatic carbocycles. The molecule has 0 fully saturated rings. The van der Waals surface area contributed by atoms with Crippen molar-refractivity contribution in [1.29, 1.82) is 0 Å². The molecule has 26 heavy (non-hydrogen) atoms. The van der Waals surface area contributed by atoms with Crippen molar-refractivity contribution in [2.45, 2.75) is 39.8 Å². The van der Waals surface area contributed by atoms with Crippen LogP contribution in [0.5, 0.6) is 0 Å². The Morgan fingerprint density at radius 2 is 1.81 bits per heavy atom. The number of nitrogens with zero attached hydrogens (tertiary/aromatic N) is 2. The number of hydrogen-bond acceptors (Lipinski definition) is 3. The van der Waals surface area contributed by atoms with Gasteiger partial charge in [0.15, 0.2) is 0 Å². The summed E-state index contributed by atoms with van der Waals surface area (Å²) in [5, 5.41) is 0. The molecule has 2 amide bonds. The molecule has 1 aliphatic rings. The van der Waals surface area contributed by atoms with Crippen molar-refractivity contribution in [2.24, 2.45) is 4.99 Å². The number of amides is 2. The quantitative estimate of drug-likeness (QED) is 0.813. The minimum atomic E-state index is -0.756. The lowest BCUT2D eigenvalue weighted by Gasteiger charge is -2.18. The minimum Gasteiger partial charge on any atom is -0.442 e. The van der Waals surface area contributed by atoms with Gasteiger partial charge >= 0.3 is 6.09 Å². The Balaban J connectivity index is 1.98. The summed E-state index contributed by atoms with van der Waals surface area (Å²) in [6.45, 7) is 7.68. The number of ether oxygens (including phenoxy) is 1.